The first-order valence-corrected chi connectivity index (χ1v) is 13.4. The van der Waals surface area contributed by atoms with Gasteiger partial charge in [0.25, 0.3) is 0 Å². The molecule has 7 nitrogen and oxygen atoms in total. The highest BCUT2D eigenvalue weighted by Gasteiger charge is 2.21. The molecule has 11 heteroatoms. The molecule has 1 aromatic heterocycles. The van der Waals surface area contributed by atoms with E-state index in [9.17, 15) is 9.59 Å². The molecule has 0 atom stereocenters. The maximum atomic E-state index is 12.3. The van der Waals surface area contributed by atoms with E-state index in [-0.39, 0.29) is 11.0 Å². The van der Waals surface area contributed by atoms with Crippen LogP contribution in [0.5, 0.6) is 0 Å². The van der Waals surface area contributed by atoms with Crippen molar-refractivity contribution in [1.82, 2.24) is 10.2 Å². The SMILES string of the molecule is CCC(=O)N1CCN(c2ccc(NC(=S)NC(=O)/C=C/c3ccc(-c4cc(Cl)cc(Cl)c4)o3)cc2Cl)CC1. The van der Waals surface area contributed by atoms with Crippen LogP contribution in [0.3, 0.4) is 0 Å². The van der Waals surface area contributed by atoms with Crippen molar-refractivity contribution in [3.8, 4) is 11.3 Å². The lowest BCUT2D eigenvalue weighted by Crippen LogP contribution is -2.48. The van der Waals surface area contributed by atoms with Gasteiger partial charge in [0.1, 0.15) is 11.5 Å². The highest BCUT2D eigenvalue weighted by Crippen LogP contribution is 2.30. The summed E-state index contributed by atoms with van der Waals surface area (Å²) in [5.74, 6) is 0.793. The normalized spacial score (nSPS) is 13.6. The van der Waals surface area contributed by atoms with Gasteiger partial charge in [0.2, 0.25) is 11.8 Å². The fourth-order valence-corrected chi connectivity index (χ4v) is 5.07. The molecule has 0 saturated carbocycles. The Bertz CT molecular complexity index is 1360. The number of hydrogen-bond donors (Lipinski definition) is 2. The maximum absolute atomic E-state index is 12.3. The number of halogens is 3. The first-order valence-electron chi connectivity index (χ1n) is 11.9. The van der Waals surface area contributed by atoms with Crippen molar-refractivity contribution in [2.24, 2.45) is 0 Å². The molecule has 0 aliphatic carbocycles. The monoisotopic (exact) mass is 590 g/mol. The molecule has 0 unspecified atom stereocenters. The molecule has 1 aliphatic heterocycles. The summed E-state index contributed by atoms with van der Waals surface area (Å²) in [4.78, 5) is 28.3. The largest absolute Gasteiger partial charge is 0.457 e. The lowest BCUT2D eigenvalue weighted by molar-refractivity contribution is -0.131. The van der Waals surface area contributed by atoms with Crippen molar-refractivity contribution in [3.05, 3.63) is 75.4 Å². The molecule has 2 N–H and O–H groups in total. The smallest absolute Gasteiger partial charge is 0.250 e. The predicted octanol–water partition coefficient (Wildman–Crippen LogP) is 6.49. The van der Waals surface area contributed by atoms with Gasteiger partial charge in [0, 0.05) is 60.0 Å². The molecule has 38 heavy (non-hydrogen) atoms. The number of amides is 2. The minimum Gasteiger partial charge on any atom is -0.457 e. The lowest BCUT2D eigenvalue weighted by atomic mass is 10.2. The van der Waals surface area contributed by atoms with Crippen LogP contribution in [0.25, 0.3) is 17.4 Å². The van der Waals surface area contributed by atoms with Crippen molar-refractivity contribution in [2.45, 2.75) is 13.3 Å². The van der Waals surface area contributed by atoms with Crippen molar-refractivity contribution in [3.63, 3.8) is 0 Å². The number of nitrogens with one attached hydrogen (secondary N) is 2. The second kappa shape index (κ2) is 12.7. The first-order chi connectivity index (χ1) is 18.2. The number of carbonyl (C=O) groups is 2. The van der Waals surface area contributed by atoms with Gasteiger partial charge in [-0.05, 0) is 66.8 Å². The molecular formula is C27H25Cl3N4O3S. The summed E-state index contributed by atoms with van der Waals surface area (Å²) < 4.78 is 5.76. The summed E-state index contributed by atoms with van der Waals surface area (Å²) in [6, 6.07) is 14.1. The van der Waals surface area contributed by atoms with E-state index in [2.05, 4.69) is 15.5 Å². The third-order valence-electron chi connectivity index (χ3n) is 5.89. The second-order valence-corrected chi connectivity index (χ2v) is 10.2. The zero-order valence-electron chi connectivity index (χ0n) is 20.5. The number of nitrogens with zero attached hydrogens (tertiary/aromatic N) is 2. The maximum Gasteiger partial charge on any atom is 0.250 e. The molecule has 198 valence electrons. The molecule has 1 aliphatic rings. The molecule has 2 aromatic carbocycles. The minimum absolute atomic E-state index is 0.129. The quantitative estimate of drug-likeness (QED) is 0.252. The number of hydrogen-bond acceptors (Lipinski definition) is 5. The second-order valence-electron chi connectivity index (χ2n) is 8.52. The summed E-state index contributed by atoms with van der Waals surface area (Å²) in [5, 5.41) is 7.25. The van der Waals surface area contributed by atoms with E-state index < -0.39 is 5.91 Å². The number of benzene rings is 2. The fourth-order valence-electron chi connectivity index (χ4n) is 4.03. The molecule has 1 saturated heterocycles. The zero-order chi connectivity index (χ0) is 27.2. The molecule has 3 aromatic rings. The fraction of sp³-hybridized carbons (Fsp3) is 0.222. The summed E-state index contributed by atoms with van der Waals surface area (Å²) in [6.07, 6.45) is 3.37. The van der Waals surface area contributed by atoms with Crippen molar-refractivity contribution >= 4 is 81.4 Å². The Kier molecular flexibility index (Phi) is 9.33. The average molecular weight is 592 g/mol. The van der Waals surface area contributed by atoms with Gasteiger partial charge >= 0.3 is 0 Å². The Balaban J connectivity index is 1.29. The minimum atomic E-state index is -0.423. The van der Waals surface area contributed by atoms with Crippen LogP contribution in [0.1, 0.15) is 19.1 Å². The van der Waals surface area contributed by atoms with Crippen LogP contribution in [0.2, 0.25) is 15.1 Å². The number of furan rings is 1. The third kappa shape index (κ3) is 7.29. The van der Waals surface area contributed by atoms with Crippen LogP contribution in [0.4, 0.5) is 11.4 Å². The summed E-state index contributed by atoms with van der Waals surface area (Å²) in [6.45, 7) is 4.63. The number of carbonyl (C=O) groups excluding carboxylic acids is 2. The zero-order valence-corrected chi connectivity index (χ0v) is 23.6. The van der Waals surface area contributed by atoms with Gasteiger partial charge in [-0.25, -0.2) is 0 Å². The van der Waals surface area contributed by atoms with Crippen molar-refractivity contribution < 1.29 is 14.0 Å². The highest BCUT2D eigenvalue weighted by molar-refractivity contribution is 7.80. The van der Waals surface area contributed by atoms with Crippen LogP contribution in [0, 0.1) is 0 Å². The molecule has 0 spiro atoms. The molecule has 0 radical (unpaired) electrons. The van der Waals surface area contributed by atoms with Gasteiger partial charge in [-0.1, -0.05) is 41.7 Å². The molecule has 0 bridgehead atoms. The van der Waals surface area contributed by atoms with Crippen LogP contribution in [-0.4, -0.2) is 48.0 Å². The molecule has 4 rings (SSSR count). The van der Waals surface area contributed by atoms with Crippen molar-refractivity contribution in [1.29, 1.82) is 0 Å². The van der Waals surface area contributed by atoms with Gasteiger partial charge in [0.15, 0.2) is 5.11 Å². The Labute approximate surface area is 241 Å². The van der Waals surface area contributed by atoms with E-state index in [0.29, 0.717) is 64.9 Å². The van der Waals surface area contributed by atoms with Gasteiger partial charge in [-0.3, -0.25) is 14.9 Å². The number of piperazine rings is 1. The van der Waals surface area contributed by atoms with E-state index in [4.69, 9.17) is 51.4 Å². The number of rotatable bonds is 6. The van der Waals surface area contributed by atoms with Gasteiger partial charge < -0.3 is 19.5 Å². The summed E-state index contributed by atoms with van der Waals surface area (Å²) in [5.41, 5.74) is 2.26. The topological polar surface area (TPSA) is 77.8 Å². The molecule has 2 amide bonds. The Morgan fingerprint density at radius 3 is 2.37 bits per heavy atom. The Morgan fingerprint density at radius 2 is 1.71 bits per heavy atom. The highest BCUT2D eigenvalue weighted by atomic mass is 35.5. The average Bonchev–Trinajstić information content (AvgIpc) is 3.36. The summed E-state index contributed by atoms with van der Waals surface area (Å²) >= 11 is 23.9. The van der Waals surface area contributed by atoms with E-state index in [1.807, 2.05) is 24.0 Å². The van der Waals surface area contributed by atoms with E-state index in [1.54, 1.807) is 36.4 Å². The van der Waals surface area contributed by atoms with Crippen LogP contribution in [0.15, 0.2) is 59.0 Å². The van der Waals surface area contributed by atoms with Gasteiger partial charge in [-0.2, -0.15) is 0 Å². The molecule has 1 fully saturated rings. The predicted molar refractivity (Wildman–Crippen MR) is 158 cm³/mol. The first kappa shape index (κ1) is 28.0. The number of thiocarbonyl (C=S) groups is 1. The van der Waals surface area contributed by atoms with Crippen molar-refractivity contribution in [2.75, 3.05) is 36.4 Å². The van der Waals surface area contributed by atoms with Gasteiger partial charge in [0.05, 0.1) is 10.7 Å². The number of anilines is 2. The molecular weight excluding hydrogens is 567 g/mol. The van der Waals surface area contributed by atoms with Crippen LogP contribution >= 0.6 is 47.0 Å². The van der Waals surface area contributed by atoms with E-state index in [0.717, 1.165) is 11.3 Å². The van der Waals surface area contributed by atoms with Crippen LogP contribution in [-0.2, 0) is 9.59 Å². The standard InChI is InChI=1S/C27H25Cl3N4O3S/c1-2-26(36)34-11-9-33(10-12-34)23-6-3-20(16-22(23)30)31-27(38)32-25(35)8-5-21-4-7-24(37-21)17-13-18(28)15-19(29)14-17/h3-8,13-16H,2,9-12H2,1H3,(H2,31,32,35,38)/b8-5+. The van der Waals surface area contributed by atoms with E-state index in [1.165, 1.54) is 12.2 Å². The van der Waals surface area contributed by atoms with E-state index >= 15 is 0 Å². The van der Waals surface area contributed by atoms with Crippen LogP contribution < -0.4 is 15.5 Å². The summed E-state index contributed by atoms with van der Waals surface area (Å²) in [7, 11) is 0. The Morgan fingerprint density at radius 1 is 1.00 bits per heavy atom. The van der Waals surface area contributed by atoms with Gasteiger partial charge in [-0.15, -0.1) is 0 Å². The lowest BCUT2D eigenvalue weighted by Gasteiger charge is -2.36. The molecule has 2 heterocycles. The third-order valence-corrected chi connectivity index (χ3v) is 6.83. The Hall–Kier alpha value is -3.04.